The van der Waals surface area contributed by atoms with Crippen LogP contribution in [0, 0.1) is 0 Å². The first-order chi connectivity index (χ1) is 5.17. The van der Waals surface area contributed by atoms with Crippen LogP contribution in [-0.2, 0) is 10.0 Å². The minimum absolute atomic E-state index is 0.185. The summed E-state index contributed by atoms with van der Waals surface area (Å²) < 4.78 is 24.2. The van der Waals surface area contributed by atoms with Gasteiger partial charge in [-0.3, -0.25) is 0 Å². The van der Waals surface area contributed by atoms with E-state index in [1.807, 2.05) is 22.6 Å². The molecule has 6 heteroatoms. The van der Waals surface area contributed by atoms with Gasteiger partial charge in [0.15, 0.2) is 0 Å². The van der Waals surface area contributed by atoms with Gasteiger partial charge < -0.3 is 5.32 Å². The van der Waals surface area contributed by atoms with Crippen LogP contribution in [0.4, 0.5) is 0 Å². The second-order valence-electron chi connectivity index (χ2n) is 2.37. The van der Waals surface area contributed by atoms with E-state index in [1.165, 1.54) is 4.31 Å². The minimum atomic E-state index is -2.94. The Balaban J connectivity index is 2.58. The van der Waals surface area contributed by atoms with Crippen molar-refractivity contribution >= 4 is 32.6 Å². The Kier molecular flexibility index (Phi) is 3.53. The molecule has 0 aromatic rings. The van der Waals surface area contributed by atoms with Crippen molar-refractivity contribution in [3.8, 4) is 0 Å². The molecular weight excluding hydrogens is 279 g/mol. The molecule has 0 unspecified atom stereocenters. The van der Waals surface area contributed by atoms with Crippen LogP contribution in [-0.4, -0.2) is 42.7 Å². The number of halogens is 1. The van der Waals surface area contributed by atoms with Gasteiger partial charge in [-0.05, 0) is 0 Å². The molecule has 1 rings (SSSR count). The predicted octanol–water partition coefficient (Wildman–Crippen LogP) is -0.386. The Morgan fingerprint density at radius 2 is 1.91 bits per heavy atom. The summed E-state index contributed by atoms with van der Waals surface area (Å²) in [6.45, 7) is 2.78. The zero-order valence-electron chi connectivity index (χ0n) is 6.09. The van der Waals surface area contributed by atoms with Crippen molar-refractivity contribution in [3.63, 3.8) is 0 Å². The van der Waals surface area contributed by atoms with Gasteiger partial charge in [-0.25, -0.2) is 8.42 Å². The highest BCUT2D eigenvalue weighted by Crippen LogP contribution is 2.05. The molecule has 1 aliphatic heterocycles. The van der Waals surface area contributed by atoms with Gasteiger partial charge in [0, 0.05) is 26.2 Å². The molecule has 0 aliphatic carbocycles. The summed E-state index contributed by atoms with van der Waals surface area (Å²) in [7, 11) is -2.94. The highest BCUT2D eigenvalue weighted by Gasteiger charge is 2.21. The highest BCUT2D eigenvalue weighted by molar-refractivity contribution is 14.1. The van der Waals surface area contributed by atoms with Crippen molar-refractivity contribution in [2.75, 3.05) is 29.9 Å². The third-order valence-corrected chi connectivity index (χ3v) is 5.40. The number of nitrogens with zero attached hydrogens (tertiary/aromatic N) is 1. The van der Waals surface area contributed by atoms with Gasteiger partial charge in [0.1, 0.15) is 3.76 Å². The number of piperazine rings is 1. The van der Waals surface area contributed by atoms with Crippen LogP contribution in [0.1, 0.15) is 0 Å². The average Bonchev–Trinajstić information content (AvgIpc) is 2.06. The minimum Gasteiger partial charge on any atom is -0.314 e. The van der Waals surface area contributed by atoms with E-state index in [9.17, 15) is 8.42 Å². The Hall–Kier alpha value is 0.600. The summed E-state index contributed by atoms with van der Waals surface area (Å²) in [5, 5.41) is 3.10. The summed E-state index contributed by atoms with van der Waals surface area (Å²) in [6, 6.07) is 0. The molecule has 0 aromatic heterocycles. The first-order valence-electron chi connectivity index (χ1n) is 3.41. The van der Waals surface area contributed by atoms with Crippen LogP contribution < -0.4 is 5.32 Å². The van der Waals surface area contributed by atoms with Crippen molar-refractivity contribution < 1.29 is 8.42 Å². The first-order valence-corrected chi connectivity index (χ1v) is 6.55. The molecule has 1 N–H and O–H groups in total. The maximum Gasteiger partial charge on any atom is 0.223 e. The fourth-order valence-electron chi connectivity index (χ4n) is 0.991. The Morgan fingerprint density at radius 1 is 1.36 bits per heavy atom. The summed E-state index contributed by atoms with van der Waals surface area (Å²) in [5.74, 6) is 0. The maximum absolute atomic E-state index is 11.2. The van der Waals surface area contributed by atoms with Crippen LogP contribution in [0.3, 0.4) is 0 Å². The number of hydrogen-bond acceptors (Lipinski definition) is 3. The lowest BCUT2D eigenvalue weighted by molar-refractivity contribution is 0.362. The maximum atomic E-state index is 11.2. The molecule has 1 heterocycles. The van der Waals surface area contributed by atoms with Crippen molar-refractivity contribution in [2.45, 2.75) is 0 Å². The smallest absolute Gasteiger partial charge is 0.223 e. The van der Waals surface area contributed by atoms with Gasteiger partial charge in [0.05, 0.1) is 0 Å². The van der Waals surface area contributed by atoms with E-state index in [0.29, 0.717) is 13.1 Å². The van der Waals surface area contributed by atoms with Gasteiger partial charge in [0.25, 0.3) is 0 Å². The SMILES string of the molecule is O=S(=O)(CI)N1CCNCC1. The second-order valence-corrected chi connectivity index (χ2v) is 6.14. The van der Waals surface area contributed by atoms with Crippen molar-refractivity contribution in [1.29, 1.82) is 0 Å². The number of nitrogens with one attached hydrogen (secondary N) is 1. The van der Waals surface area contributed by atoms with E-state index in [1.54, 1.807) is 0 Å². The molecule has 1 saturated heterocycles. The molecule has 0 atom stereocenters. The lowest BCUT2D eigenvalue weighted by Gasteiger charge is -2.25. The zero-order chi connectivity index (χ0) is 8.32. The van der Waals surface area contributed by atoms with Crippen LogP contribution in [0.25, 0.3) is 0 Å². The highest BCUT2D eigenvalue weighted by atomic mass is 127. The van der Waals surface area contributed by atoms with E-state index in [4.69, 9.17) is 0 Å². The molecule has 0 spiro atoms. The fourth-order valence-corrected chi connectivity index (χ4v) is 3.05. The molecule has 0 aromatic carbocycles. The third-order valence-electron chi connectivity index (χ3n) is 1.61. The lowest BCUT2D eigenvalue weighted by atomic mass is 10.4. The van der Waals surface area contributed by atoms with Gasteiger partial charge in [-0.2, -0.15) is 4.31 Å². The Morgan fingerprint density at radius 3 is 2.36 bits per heavy atom. The molecule has 11 heavy (non-hydrogen) atoms. The lowest BCUT2D eigenvalue weighted by Crippen LogP contribution is -2.46. The normalized spacial score (nSPS) is 21.9. The summed E-state index contributed by atoms with van der Waals surface area (Å²) in [6.07, 6.45) is 0. The Bertz CT molecular complexity index is 211. The van der Waals surface area contributed by atoms with Gasteiger partial charge in [-0.1, -0.05) is 22.6 Å². The van der Waals surface area contributed by atoms with Crippen LogP contribution in [0.15, 0.2) is 0 Å². The van der Waals surface area contributed by atoms with E-state index >= 15 is 0 Å². The predicted molar refractivity (Wildman–Crippen MR) is 52.2 cm³/mol. The van der Waals surface area contributed by atoms with Crippen molar-refractivity contribution in [3.05, 3.63) is 0 Å². The fraction of sp³-hybridized carbons (Fsp3) is 1.00. The van der Waals surface area contributed by atoms with Crippen LogP contribution >= 0.6 is 22.6 Å². The largest absolute Gasteiger partial charge is 0.314 e. The van der Waals surface area contributed by atoms with E-state index in [2.05, 4.69) is 5.32 Å². The molecule has 1 fully saturated rings. The molecule has 66 valence electrons. The molecule has 0 amide bonds. The molecule has 0 bridgehead atoms. The summed E-state index contributed by atoms with van der Waals surface area (Å²) in [4.78, 5) is 0. The number of alkyl halides is 1. The summed E-state index contributed by atoms with van der Waals surface area (Å²) >= 11 is 1.88. The van der Waals surface area contributed by atoms with E-state index in [-0.39, 0.29) is 3.76 Å². The standard InChI is InChI=1S/C5H11IN2O2S/c6-5-11(9,10)8-3-1-7-2-4-8/h7H,1-5H2. The number of hydrogen-bond donors (Lipinski definition) is 1. The second kappa shape index (κ2) is 4.01. The molecule has 4 nitrogen and oxygen atoms in total. The van der Waals surface area contributed by atoms with Gasteiger partial charge >= 0.3 is 0 Å². The first kappa shape index (κ1) is 9.69. The molecular formula is C5H11IN2O2S. The topological polar surface area (TPSA) is 49.4 Å². The molecule has 1 aliphatic rings. The van der Waals surface area contributed by atoms with Crippen molar-refractivity contribution in [2.24, 2.45) is 0 Å². The molecule has 0 saturated carbocycles. The van der Waals surface area contributed by atoms with Crippen LogP contribution in [0.2, 0.25) is 0 Å². The van der Waals surface area contributed by atoms with Gasteiger partial charge in [-0.15, -0.1) is 0 Å². The number of rotatable bonds is 2. The van der Waals surface area contributed by atoms with Gasteiger partial charge in [0.2, 0.25) is 10.0 Å². The Labute approximate surface area is 80.5 Å². The molecule has 0 radical (unpaired) electrons. The van der Waals surface area contributed by atoms with E-state index in [0.717, 1.165) is 13.1 Å². The quantitative estimate of drug-likeness (QED) is 0.557. The third kappa shape index (κ3) is 2.53. The van der Waals surface area contributed by atoms with Crippen molar-refractivity contribution in [1.82, 2.24) is 9.62 Å². The van der Waals surface area contributed by atoms with Crippen LogP contribution in [0.5, 0.6) is 0 Å². The number of sulfonamides is 1. The summed E-state index contributed by atoms with van der Waals surface area (Å²) in [5.41, 5.74) is 0. The zero-order valence-corrected chi connectivity index (χ0v) is 9.06. The van der Waals surface area contributed by atoms with E-state index < -0.39 is 10.0 Å². The average molecular weight is 290 g/mol. The monoisotopic (exact) mass is 290 g/mol.